The molecule has 0 spiro atoms. The Morgan fingerprint density at radius 3 is 1.20 bits per heavy atom. The summed E-state index contributed by atoms with van der Waals surface area (Å²) in [5, 5.41) is 0. The second kappa shape index (κ2) is 7.98. The molecule has 62 valence electrons. The molecule has 0 rings (SSSR count). The van der Waals surface area contributed by atoms with E-state index >= 15 is 0 Å². The summed E-state index contributed by atoms with van der Waals surface area (Å²) in [6.45, 7) is 7.02. The Bertz CT molecular complexity index is 47.5. The number of hydrogen-bond acceptors (Lipinski definition) is 0. The molecule has 0 unspecified atom stereocenters. The average molecular weight is 338 g/mol. The molecule has 0 N–H and O–H groups in total. The van der Waals surface area contributed by atoms with Gasteiger partial charge in [0.15, 0.2) is 0 Å². The quantitative estimate of drug-likeness (QED) is 0.648. The van der Waals surface area contributed by atoms with Gasteiger partial charge in [-0.3, -0.25) is 0 Å². The van der Waals surface area contributed by atoms with E-state index in [4.69, 9.17) is 0 Å². The van der Waals surface area contributed by atoms with Crippen LogP contribution in [-0.4, -0.2) is 21.8 Å². The van der Waals surface area contributed by atoms with Crippen molar-refractivity contribution in [3.05, 3.63) is 0 Å². The van der Waals surface area contributed by atoms with E-state index < -0.39 is 21.8 Å². The van der Waals surface area contributed by atoms with Gasteiger partial charge in [-0.25, -0.2) is 0 Å². The first kappa shape index (κ1) is 10.9. The molecular formula is C9H21Bi. The van der Waals surface area contributed by atoms with Crippen LogP contribution in [-0.2, 0) is 0 Å². The Balaban J connectivity index is 3.30. The van der Waals surface area contributed by atoms with E-state index in [2.05, 4.69) is 20.8 Å². The van der Waals surface area contributed by atoms with Crippen LogP contribution in [0, 0.1) is 0 Å². The summed E-state index contributed by atoms with van der Waals surface area (Å²) >= 11 is -0.823. The summed E-state index contributed by atoms with van der Waals surface area (Å²) in [5.74, 6) is 0. The van der Waals surface area contributed by atoms with E-state index in [9.17, 15) is 0 Å². The van der Waals surface area contributed by atoms with Gasteiger partial charge in [-0.05, 0) is 0 Å². The summed E-state index contributed by atoms with van der Waals surface area (Å²) in [4.78, 5) is 0. The molecule has 0 atom stereocenters. The third-order valence-corrected chi connectivity index (χ3v) is 14.2. The van der Waals surface area contributed by atoms with Gasteiger partial charge in [0.1, 0.15) is 0 Å². The van der Waals surface area contributed by atoms with Gasteiger partial charge >= 0.3 is 74.2 Å². The van der Waals surface area contributed by atoms with E-state index in [1.165, 1.54) is 19.3 Å². The van der Waals surface area contributed by atoms with Crippen molar-refractivity contribution in [3.8, 4) is 0 Å². The van der Waals surface area contributed by atoms with Crippen molar-refractivity contribution < 1.29 is 0 Å². The summed E-state index contributed by atoms with van der Waals surface area (Å²) < 4.78 is 4.95. The molecule has 0 heterocycles. The van der Waals surface area contributed by atoms with Crippen LogP contribution >= 0.6 is 0 Å². The SMILES string of the molecule is CC[CH2][Bi]([CH2]CC)[CH2]CC. The Morgan fingerprint density at radius 1 is 0.700 bits per heavy atom. The zero-order valence-corrected chi connectivity index (χ0v) is 11.2. The van der Waals surface area contributed by atoms with Gasteiger partial charge in [0, 0.05) is 0 Å². The van der Waals surface area contributed by atoms with Crippen LogP contribution in [0.4, 0.5) is 0 Å². The summed E-state index contributed by atoms with van der Waals surface area (Å²) in [6.07, 6.45) is 4.37. The molecule has 0 aromatic rings. The first-order valence-electron chi connectivity index (χ1n) is 4.57. The molecule has 0 aliphatic rings. The zero-order chi connectivity index (χ0) is 7.82. The molecule has 0 saturated carbocycles. The van der Waals surface area contributed by atoms with E-state index in [-0.39, 0.29) is 0 Å². The fraction of sp³-hybridized carbons (Fsp3) is 1.00. The first-order valence-corrected chi connectivity index (χ1v) is 11.9. The fourth-order valence-electron chi connectivity index (χ4n) is 1.28. The molecule has 0 saturated heterocycles. The average Bonchev–Trinajstić information content (AvgIpc) is 1.90. The van der Waals surface area contributed by atoms with Crippen LogP contribution in [0.3, 0.4) is 0 Å². The second-order valence-corrected chi connectivity index (χ2v) is 13.3. The topological polar surface area (TPSA) is 0 Å². The van der Waals surface area contributed by atoms with Gasteiger partial charge in [-0.1, -0.05) is 0 Å². The minimum atomic E-state index is -0.823. The zero-order valence-electron chi connectivity index (χ0n) is 7.69. The molecule has 0 aliphatic carbocycles. The van der Waals surface area contributed by atoms with Crippen molar-refractivity contribution >= 4 is 21.8 Å². The van der Waals surface area contributed by atoms with Crippen molar-refractivity contribution in [1.29, 1.82) is 0 Å². The Labute approximate surface area is 74.1 Å². The molecule has 0 amide bonds. The second-order valence-electron chi connectivity index (χ2n) is 2.84. The standard InChI is InChI=1S/3C3H7.Bi/c3*1-3-2;/h3*1,3H2,2H3;. The number of rotatable bonds is 6. The predicted octanol–water partition coefficient (Wildman–Crippen LogP) is 3.71. The summed E-state index contributed by atoms with van der Waals surface area (Å²) in [6, 6.07) is 0. The van der Waals surface area contributed by atoms with E-state index in [1.54, 1.807) is 12.4 Å². The van der Waals surface area contributed by atoms with Crippen LogP contribution in [0.2, 0.25) is 12.4 Å². The van der Waals surface area contributed by atoms with Crippen LogP contribution in [0.5, 0.6) is 0 Å². The van der Waals surface area contributed by atoms with Gasteiger partial charge in [0.25, 0.3) is 0 Å². The Morgan fingerprint density at radius 2 is 1.00 bits per heavy atom. The van der Waals surface area contributed by atoms with Gasteiger partial charge < -0.3 is 0 Å². The van der Waals surface area contributed by atoms with E-state index in [1.807, 2.05) is 0 Å². The molecule has 0 aliphatic heterocycles. The predicted molar refractivity (Wildman–Crippen MR) is 51.0 cm³/mol. The van der Waals surface area contributed by atoms with Crippen LogP contribution in [0.15, 0.2) is 0 Å². The van der Waals surface area contributed by atoms with E-state index in [0.29, 0.717) is 0 Å². The maximum absolute atomic E-state index is 2.34. The summed E-state index contributed by atoms with van der Waals surface area (Å²) in [7, 11) is 0. The number of hydrogen-bond donors (Lipinski definition) is 0. The molecule has 0 bridgehead atoms. The molecule has 0 radical (unpaired) electrons. The molecule has 0 fully saturated rings. The first-order chi connectivity index (χ1) is 4.85. The van der Waals surface area contributed by atoms with E-state index in [0.717, 1.165) is 0 Å². The molecule has 0 aromatic heterocycles. The molecule has 10 heavy (non-hydrogen) atoms. The van der Waals surface area contributed by atoms with Gasteiger partial charge in [-0.15, -0.1) is 0 Å². The normalized spacial score (nSPS) is 10.8. The Kier molecular flexibility index (Phi) is 8.69. The third-order valence-electron chi connectivity index (χ3n) is 1.62. The monoisotopic (exact) mass is 338 g/mol. The minimum absolute atomic E-state index is 0.823. The third kappa shape index (κ3) is 5.65. The summed E-state index contributed by atoms with van der Waals surface area (Å²) in [5.41, 5.74) is 0. The van der Waals surface area contributed by atoms with Gasteiger partial charge in [0.05, 0.1) is 0 Å². The van der Waals surface area contributed by atoms with Gasteiger partial charge in [-0.2, -0.15) is 0 Å². The van der Waals surface area contributed by atoms with Crippen LogP contribution < -0.4 is 0 Å². The van der Waals surface area contributed by atoms with Crippen molar-refractivity contribution in [2.45, 2.75) is 52.4 Å². The fourth-order valence-corrected chi connectivity index (χ4v) is 11.3. The Hall–Kier alpha value is 0.883. The molecule has 0 aromatic carbocycles. The molecule has 1 heteroatoms. The van der Waals surface area contributed by atoms with Gasteiger partial charge in [0.2, 0.25) is 0 Å². The van der Waals surface area contributed by atoms with Crippen molar-refractivity contribution in [1.82, 2.24) is 0 Å². The van der Waals surface area contributed by atoms with Crippen molar-refractivity contribution in [2.75, 3.05) is 0 Å². The van der Waals surface area contributed by atoms with Crippen LogP contribution in [0.25, 0.3) is 0 Å². The maximum atomic E-state index is 2.34. The molecule has 0 nitrogen and oxygen atoms in total. The van der Waals surface area contributed by atoms with Crippen molar-refractivity contribution in [2.24, 2.45) is 0 Å². The molecular weight excluding hydrogens is 317 g/mol. The van der Waals surface area contributed by atoms with Crippen LogP contribution in [0.1, 0.15) is 40.0 Å². The van der Waals surface area contributed by atoms with Crippen molar-refractivity contribution in [3.63, 3.8) is 0 Å².